The number of likely N-dealkylation sites (N-methyl/N-ethyl adjacent to an activating group) is 2. The summed E-state index contributed by atoms with van der Waals surface area (Å²) >= 11 is 3.11. The maximum absolute atomic E-state index is 11.9. The smallest absolute Gasteiger partial charge is 0.0134 e. The van der Waals surface area contributed by atoms with E-state index in [0.29, 0.717) is 23.5 Å². The third kappa shape index (κ3) is 20.2. The number of pyridine rings is 2. The van der Waals surface area contributed by atoms with Crippen LogP contribution in [0.25, 0.3) is 22.6 Å². The van der Waals surface area contributed by atoms with Crippen LogP contribution in [0.3, 0.4) is 0 Å². The van der Waals surface area contributed by atoms with Crippen molar-refractivity contribution >= 4 is 107 Å². The van der Waals surface area contributed by atoms with E-state index in [1.54, 1.807) is 49.1 Å². The van der Waals surface area contributed by atoms with Gasteiger partial charge < -0.3 is 28.9 Å². The molecule has 5 aliphatic heterocycles. The summed E-state index contributed by atoms with van der Waals surface area (Å²) < 4.78 is 15.7. The van der Waals surface area contributed by atoms with Crippen LogP contribution < -0.4 is 58.2 Å². The van der Waals surface area contributed by atoms with E-state index in [9.17, 15) is 9.59 Å². The average Bonchev–Trinajstić information content (AvgIpc) is 1.63. The van der Waals surface area contributed by atoms with E-state index in [2.05, 4.69) is 328 Å². The van der Waals surface area contributed by atoms with Gasteiger partial charge in [0.05, 0.1) is 40.7 Å². The number of benzene rings is 8. The molecular weight excluding hydrogens is 1570 g/mol. The summed E-state index contributed by atoms with van der Waals surface area (Å²) in [5.74, 6) is 1.63. The predicted molar refractivity (Wildman–Crippen MR) is 446 cm³/mol. The van der Waals surface area contributed by atoms with E-state index in [1.807, 2.05) is 12.1 Å². The molecule has 21 heteroatoms. The van der Waals surface area contributed by atoms with Gasteiger partial charge >= 0.3 is 42.1 Å². The van der Waals surface area contributed by atoms with Crippen LogP contribution in [-0.4, -0.2) is 123 Å². The first-order valence-electron chi connectivity index (χ1n) is 35.9. The molecule has 5 fully saturated rings. The largest absolute Gasteiger partial charge is 0.0622 e. The zero-order valence-electron chi connectivity index (χ0n) is 60.9. The van der Waals surface area contributed by atoms with Gasteiger partial charge in [0, 0.05) is 92.8 Å². The van der Waals surface area contributed by atoms with Crippen LogP contribution >= 0.6 is 50.8 Å². The fraction of sp³-hybridized carbons (Fsp3) is 0.233. The summed E-state index contributed by atoms with van der Waals surface area (Å²) in [5, 5.41) is 16.4. The Bertz CT molecular complexity index is 4510. The summed E-state index contributed by atoms with van der Waals surface area (Å²) in [6, 6.07) is 97.0. The van der Waals surface area contributed by atoms with Gasteiger partial charge in [0.1, 0.15) is 4.60 Å². The third-order valence-corrected chi connectivity index (χ3v) is 25.5. The SMILES string of the molecule is CN1C[C@H]2CCN(c3ccc(-c4ccc(-n5ncccc5=O)cn4)cc3)[C@H]2C1.CN1C[C@H]2CCN(c3ccc(B4OC(C)(C)C(C)(C)O4)cc3)[C@H]2C1.O=c1cccnn1-c1ccc(Br)nc1.[Cl][Pd][Cl].c1ccc(P(c2ccccc2)c2ccccc2)cc1.c1ccc(P(c2ccccc2)c2ccccc2)cc1. The molecule has 12 aromatic rings. The average molecular weight is 1660 g/mol. The van der Waals surface area contributed by atoms with Gasteiger partial charge in [-0.25, -0.2) is 4.98 Å². The van der Waals surface area contributed by atoms with E-state index >= 15 is 0 Å². The Hall–Kier alpha value is -8.09. The maximum Gasteiger partial charge on any atom is -0.0134 e. The van der Waals surface area contributed by atoms with Crippen LogP contribution in [0.4, 0.5) is 11.4 Å². The number of nitrogens with zero attached hydrogens (tertiary/aromatic N) is 10. The first-order valence-corrected chi connectivity index (χ1v) is 43.4. The second-order valence-electron chi connectivity index (χ2n) is 27.8. The third-order valence-electron chi connectivity index (χ3n) is 20.2. The van der Waals surface area contributed by atoms with Crippen molar-refractivity contribution in [3.63, 3.8) is 0 Å². The van der Waals surface area contributed by atoms with E-state index in [-0.39, 0.29) is 45.4 Å². The van der Waals surface area contributed by atoms with Crippen LogP contribution in [0.2, 0.25) is 0 Å². The van der Waals surface area contributed by atoms with Crippen molar-refractivity contribution in [3.05, 3.63) is 329 Å². The predicted octanol–water partition coefficient (Wildman–Crippen LogP) is 14.2. The number of hydrogen-bond acceptors (Lipinski definition) is 12. The minimum Gasteiger partial charge on any atom is -0.0622 e. The molecule has 9 heterocycles. The number of aromatic nitrogens is 6. The first kappa shape index (κ1) is 78.5. The van der Waals surface area contributed by atoms with Crippen molar-refractivity contribution in [2.45, 2.75) is 63.8 Å². The Kier molecular flexibility index (Phi) is 27.7. The number of halogens is 3. The Balaban J connectivity index is 0.000000126. The zero-order valence-corrected chi connectivity index (χ0v) is 67.3. The Morgan fingerprint density at radius 1 is 0.430 bits per heavy atom. The number of hydrogen-bond donors (Lipinski definition) is 0. The second-order valence-corrected chi connectivity index (χ2v) is 35.4. The van der Waals surface area contributed by atoms with E-state index in [1.165, 1.54) is 104 Å². The molecule has 0 bridgehead atoms. The van der Waals surface area contributed by atoms with Crippen LogP contribution in [0.15, 0.2) is 318 Å². The Labute approximate surface area is 656 Å². The van der Waals surface area contributed by atoms with Crippen LogP contribution in [0, 0.1) is 11.8 Å². The van der Waals surface area contributed by atoms with Crippen molar-refractivity contribution in [2.75, 3.05) is 63.2 Å². The fourth-order valence-electron chi connectivity index (χ4n) is 14.2. The molecule has 4 atom stereocenters. The van der Waals surface area contributed by atoms with E-state index in [4.69, 9.17) is 28.4 Å². The van der Waals surface area contributed by atoms with Gasteiger partial charge in [0.15, 0.2) is 0 Å². The molecule has 0 amide bonds. The molecule has 5 aliphatic rings. The summed E-state index contributed by atoms with van der Waals surface area (Å²) in [6.07, 6.45) is 9.03. The normalized spacial score (nSPS) is 18.1. The van der Waals surface area contributed by atoms with Gasteiger partial charge in [0.2, 0.25) is 0 Å². The topological polar surface area (TPSA) is 127 Å². The molecule has 17 rings (SSSR count). The molecule has 550 valence electrons. The van der Waals surface area contributed by atoms with Gasteiger partial charge in [-0.1, -0.05) is 206 Å². The Morgan fingerprint density at radius 3 is 1.09 bits per heavy atom. The molecule has 0 radical (unpaired) electrons. The molecule has 5 saturated heterocycles. The summed E-state index contributed by atoms with van der Waals surface area (Å²) in [7, 11) is 12.9. The molecule has 14 nitrogen and oxygen atoms in total. The minimum atomic E-state index is -0.446. The molecule has 0 spiro atoms. The maximum atomic E-state index is 11.9. The zero-order chi connectivity index (χ0) is 74.7. The number of anilines is 2. The van der Waals surface area contributed by atoms with Crippen LogP contribution in [-0.2, 0) is 25.2 Å². The first-order chi connectivity index (χ1) is 52.0. The summed E-state index contributed by atoms with van der Waals surface area (Å²) in [6.45, 7) is 15.5. The van der Waals surface area contributed by atoms with Gasteiger partial charge in [-0.3, -0.25) is 14.6 Å². The molecule has 107 heavy (non-hydrogen) atoms. The molecule has 0 aliphatic carbocycles. The standard InChI is InChI=1S/C22H23N5O.C19H29BN2O2.2C18H15P.C9H6BrN3O.2ClH.Pd/c1-25-14-17-10-12-26(21(17)15-25)18-6-4-16(5-7-18)20-9-8-19(13-23-20)27-22(28)3-2-11-24-27;1-18(2)19(3,4)24-20(23-18)15-6-8-16(9-7-15)22-11-10-14-12-21(5)13-17(14)22;2*1-4-10-16(11-5-1)19(17-12-6-2-7-13-17)18-14-8-3-9-15-18;10-8-4-3-7(6-11-8)13-9(14)2-1-5-12-13;;;/h2-9,11,13,17,21H,10,12,14-15H2,1H3;6-9,14,17H,10-13H2,1-5H3;2*1-15H;1-6H;2*1H;/q;;;;;;;+2/p-2/t17-,21+;14-,17+;;;;;;/m11....../s1. The Morgan fingerprint density at radius 2 is 0.766 bits per heavy atom. The fourth-order valence-corrected chi connectivity index (χ4v) is 19.1. The summed E-state index contributed by atoms with van der Waals surface area (Å²) in [5.41, 5.74) is 6.11. The number of likely N-dealkylation sites (tertiary alicyclic amines) is 2. The molecule has 0 saturated carbocycles. The number of rotatable bonds is 12. The van der Waals surface area contributed by atoms with Gasteiger partial charge in [0.25, 0.3) is 11.1 Å². The molecule has 8 aromatic carbocycles. The van der Waals surface area contributed by atoms with Crippen molar-refractivity contribution in [2.24, 2.45) is 11.8 Å². The van der Waals surface area contributed by atoms with Gasteiger partial charge in [-0.05, 0) is 196 Å². The van der Waals surface area contributed by atoms with Gasteiger partial charge in [-0.2, -0.15) is 19.6 Å². The molecule has 4 aromatic heterocycles. The van der Waals surface area contributed by atoms with Crippen molar-refractivity contribution in [1.29, 1.82) is 0 Å². The van der Waals surface area contributed by atoms with Crippen LogP contribution in [0.1, 0.15) is 40.5 Å². The van der Waals surface area contributed by atoms with Crippen molar-refractivity contribution in [1.82, 2.24) is 39.3 Å². The van der Waals surface area contributed by atoms with Crippen molar-refractivity contribution < 1.29 is 25.2 Å². The van der Waals surface area contributed by atoms with Crippen LogP contribution in [0.5, 0.6) is 0 Å². The second kappa shape index (κ2) is 37.8. The number of fused-ring (bicyclic) bond motifs is 2. The molecule has 0 unspecified atom stereocenters. The van der Waals surface area contributed by atoms with Crippen molar-refractivity contribution in [3.8, 4) is 22.6 Å². The summed E-state index contributed by atoms with van der Waals surface area (Å²) in [4.78, 5) is 41.9. The minimum absolute atomic E-state index is 0.106. The van der Waals surface area contributed by atoms with E-state index < -0.39 is 15.8 Å². The molecule has 0 N–H and O–H groups in total. The quantitative estimate of drug-likeness (QED) is 0.0656. The van der Waals surface area contributed by atoms with Gasteiger partial charge in [-0.15, -0.1) is 0 Å². The monoisotopic (exact) mass is 1650 g/mol. The van der Waals surface area contributed by atoms with E-state index in [0.717, 1.165) is 46.2 Å². The molecular formula is C86H88BBrCl2N10O4P2Pd.